The molecule has 17 nitrogen and oxygen atoms in total. The number of hydrogen-bond acceptors (Lipinski definition) is 9. The van der Waals surface area contributed by atoms with Crippen molar-refractivity contribution in [2.75, 3.05) is 23.7 Å². The van der Waals surface area contributed by atoms with Crippen LogP contribution in [-0.2, 0) is 28.7 Å². The minimum atomic E-state index is -1.09. The van der Waals surface area contributed by atoms with E-state index in [-0.39, 0.29) is 17.9 Å². The molecule has 3 aliphatic rings. The van der Waals surface area contributed by atoms with Crippen molar-refractivity contribution in [3.63, 3.8) is 0 Å². The van der Waals surface area contributed by atoms with Crippen molar-refractivity contribution in [2.24, 2.45) is 0 Å². The third kappa shape index (κ3) is 12.2. The summed E-state index contributed by atoms with van der Waals surface area (Å²) in [7, 11) is 0. The molecular weight excluding hydrogens is 905 g/mol. The summed E-state index contributed by atoms with van der Waals surface area (Å²) in [5, 5.41) is 15.1. The topological polar surface area (TPSA) is 220 Å². The average molecular weight is 967 g/mol. The molecule has 0 bridgehead atoms. The predicted molar refractivity (Wildman–Crippen MR) is 268 cm³/mol. The Morgan fingerprint density at radius 3 is 1.52 bits per heavy atom. The van der Waals surface area contributed by atoms with Crippen LogP contribution in [0.2, 0.25) is 0 Å². The molecule has 0 spiro atoms. The molecule has 8 rings (SSSR count). The Kier molecular flexibility index (Phi) is 14.5. The SMILES string of the molecule is CC(C)(C)OC(=O)N[C@@H](C(=O)N1CCC[C@H]1C(=O)Nc1ccc(-c2[nH]c3ccc(NC(=O)[C@@H]4CCCN4C(=O)[C@H](NC(=O)OC(C)(C)C)c4ccccc4)cc3c2C(=O)NC2CC2)cc1)c1ccccc1. The van der Waals surface area contributed by atoms with Gasteiger partial charge in [-0.1, -0.05) is 72.8 Å². The third-order valence-electron chi connectivity index (χ3n) is 12.4. The van der Waals surface area contributed by atoms with Crippen LogP contribution in [0.3, 0.4) is 0 Å². The molecule has 5 aromatic rings. The summed E-state index contributed by atoms with van der Waals surface area (Å²) < 4.78 is 11.0. The van der Waals surface area contributed by atoms with Crippen LogP contribution in [0.25, 0.3) is 22.2 Å². The van der Waals surface area contributed by atoms with Crippen LogP contribution in [0.5, 0.6) is 0 Å². The molecule has 4 atom stereocenters. The van der Waals surface area contributed by atoms with Crippen LogP contribution >= 0.6 is 0 Å². The van der Waals surface area contributed by atoms with Crippen molar-refractivity contribution in [2.45, 2.75) is 121 Å². The molecule has 17 heteroatoms. The van der Waals surface area contributed by atoms with Gasteiger partial charge in [-0.15, -0.1) is 0 Å². The molecule has 6 N–H and O–H groups in total. The van der Waals surface area contributed by atoms with Crippen LogP contribution in [0.4, 0.5) is 21.0 Å². The summed E-state index contributed by atoms with van der Waals surface area (Å²) in [5.41, 5.74) is 2.65. The van der Waals surface area contributed by atoms with E-state index in [1.54, 1.807) is 133 Å². The van der Waals surface area contributed by atoms with Gasteiger partial charge in [0, 0.05) is 41.4 Å². The fourth-order valence-electron chi connectivity index (χ4n) is 9.03. The lowest BCUT2D eigenvalue weighted by atomic mass is 10.0. The number of nitrogens with zero attached hydrogens (tertiary/aromatic N) is 2. The van der Waals surface area contributed by atoms with Crippen LogP contribution < -0.4 is 26.6 Å². The molecule has 1 saturated carbocycles. The van der Waals surface area contributed by atoms with Crippen LogP contribution in [0, 0.1) is 0 Å². The molecule has 71 heavy (non-hydrogen) atoms. The molecule has 3 fully saturated rings. The van der Waals surface area contributed by atoms with E-state index in [0.29, 0.717) is 89.0 Å². The first-order chi connectivity index (χ1) is 33.8. The van der Waals surface area contributed by atoms with Crippen LogP contribution in [0.1, 0.15) is 114 Å². The summed E-state index contributed by atoms with van der Waals surface area (Å²) in [6, 6.07) is 26.2. The minimum absolute atomic E-state index is 0.0503. The zero-order valence-electron chi connectivity index (χ0n) is 40.9. The van der Waals surface area contributed by atoms with Crippen LogP contribution in [0.15, 0.2) is 103 Å². The Morgan fingerprint density at radius 2 is 1.06 bits per heavy atom. The van der Waals surface area contributed by atoms with Crippen molar-refractivity contribution >= 4 is 64.0 Å². The van der Waals surface area contributed by atoms with Gasteiger partial charge >= 0.3 is 12.2 Å². The number of hydrogen-bond donors (Lipinski definition) is 6. The van der Waals surface area contributed by atoms with Crippen molar-refractivity contribution in [3.05, 3.63) is 120 Å². The molecular formula is C54H62N8O9. The number of carbonyl (C=O) groups excluding carboxylic acids is 7. The van der Waals surface area contributed by atoms with E-state index < -0.39 is 65.3 Å². The number of aromatic nitrogens is 1. The monoisotopic (exact) mass is 966 g/mol. The molecule has 2 saturated heterocycles. The predicted octanol–water partition coefficient (Wildman–Crippen LogP) is 8.12. The van der Waals surface area contributed by atoms with Gasteiger partial charge in [-0.25, -0.2) is 9.59 Å². The van der Waals surface area contributed by atoms with Crippen molar-refractivity contribution in [1.82, 2.24) is 30.7 Å². The van der Waals surface area contributed by atoms with Crippen molar-refractivity contribution in [3.8, 4) is 11.3 Å². The van der Waals surface area contributed by atoms with Crippen molar-refractivity contribution in [1.29, 1.82) is 0 Å². The van der Waals surface area contributed by atoms with E-state index in [4.69, 9.17) is 9.47 Å². The highest BCUT2D eigenvalue weighted by molar-refractivity contribution is 6.14. The van der Waals surface area contributed by atoms with Crippen LogP contribution in [-0.4, -0.2) is 98.9 Å². The first-order valence-electron chi connectivity index (χ1n) is 24.2. The van der Waals surface area contributed by atoms with Gasteiger partial charge in [0.05, 0.1) is 11.3 Å². The molecule has 2 aliphatic heterocycles. The average Bonchev–Trinajstić information content (AvgIpc) is 3.65. The highest BCUT2D eigenvalue weighted by Gasteiger charge is 2.41. The van der Waals surface area contributed by atoms with Gasteiger partial charge in [0.25, 0.3) is 17.7 Å². The first kappa shape index (κ1) is 49.7. The molecule has 7 amide bonds. The number of likely N-dealkylation sites (tertiary alicyclic amines) is 2. The van der Waals surface area contributed by atoms with Gasteiger partial charge in [0.15, 0.2) is 0 Å². The molecule has 4 aromatic carbocycles. The third-order valence-corrected chi connectivity index (χ3v) is 12.4. The molecule has 1 aromatic heterocycles. The lowest BCUT2D eigenvalue weighted by Crippen LogP contribution is -2.49. The Hall–Kier alpha value is -7.69. The first-order valence-corrected chi connectivity index (χ1v) is 24.2. The van der Waals surface area contributed by atoms with Gasteiger partial charge in [-0.2, -0.15) is 0 Å². The van der Waals surface area contributed by atoms with Gasteiger partial charge < -0.3 is 50.8 Å². The summed E-state index contributed by atoms with van der Waals surface area (Å²) in [6.45, 7) is 11.1. The van der Waals surface area contributed by atoms with Gasteiger partial charge in [0.1, 0.15) is 35.4 Å². The second kappa shape index (κ2) is 20.7. The van der Waals surface area contributed by atoms with Gasteiger partial charge in [0.2, 0.25) is 11.8 Å². The molecule has 0 radical (unpaired) electrons. The van der Waals surface area contributed by atoms with E-state index in [9.17, 15) is 33.6 Å². The van der Waals surface area contributed by atoms with E-state index in [0.717, 1.165) is 12.8 Å². The Labute approximate surface area is 412 Å². The highest BCUT2D eigenvalue weighted by atomic mass is 16.6. The lowest BCUT2D eigenvalue weighted by Gasteiger charge is -2.29. The number of anilines is 2. The minimum Gasteiger partial charge on any atom is -0.444 e. The number of benzene rings is 4. The quantitative estimate of drug-likeness (QED) is 0.0670. The zero-order chi connectivity index (χ0) is 50.6. The summed E-state index contributed by atoms with van der Waals surface area (Å²) in [4.78, 5) is 103. The Balaban J connectivity index is 0.984. The lowest BCUT2D eigenvalue weighted by molar-refractivity contribution is -0.138. The molecule has 1 aliphatic carbocycles. The second-order valence-electron chi connectivity index (χ2n) is 20.3. The van der Waals surface area contributed by atoms with Crippen molar-refractivity contribution < 1.29 is 43.0 Å². The number of aromatic amines is 1. The maximum atomic E-state index is 14.2. The summed E-state index contributed by atoms with van der Waals surface area (Å²) in [6.07, 6.45) is 2.24. The van der Waals surface area contributed by atoms with E-state index in [2.05, 4.69) is 31.6 Å². The summed E-state index contributed by atoms with van der Waals surface area (Å²) >= 11 is 0. The van der Waals surface area contributed by atoms with E-state index in [1.165, 1.54) is 9.80 Å². The highest BCUT2D eigenvalue weighted by Crippen LogP contribution is 2.35. The number of alkyl carbamates (subject to hydrolysis) is 2. The normalized spacial score (nSPS) is 17.7. The second-order valence-corrected chi connectivity index (χ2v) is 20.3. The largest absolute Gasteiger partial charge is 0.444 e. The Morgan fingerprint density at radius 1 is 0.592 bits per heavy atom. The molecule has 372 valence electrons. The standard InChI is InChI=1S/C54H62N8O9/c1-53(2,3)70-51(68)59-44(32-15-9-7-10-16-32)49(66)61-29-13-19-40(61)46(63)55-35-23-21-34(22-24-35)43-42(48(65)56-36-25-26-36)38-31-37(27-28-39(38)58-43)57-47(64)41-20-14-30-62(41)50(67)45(33-17-11-8-12-18-33)60-52(69)71-54(4,5)6/h7-12,15-18,21-24,27-28,31,36,40-41,44-45,58H,13-14,19-20,25-26,29-30H2,1-6H3,(H,55,63)(H,56,65)(H,57,64)(H,59,68)(H,60,69)/t40-,41-,44+,45+/m0/s1. The number of nitrogens with one attached hydrogen (secondary N) is 6. The van der Waals surface area contributed by atoms with Gasteiger partial charge in [-0.05, 0) is 127 Å². The summed E-state index contributed by atoms with van der Waals surface area (Å²) in [5.74, 6) is -1.93. The van der Waals surface area contributed by atoms with E-state index >= 15 is 0 Å². The molecule has 0 unspecified atom stereocenters. The number of fused-ring (bicyclic) bond motifs is 1. The number of H-pyrrole nitrogens is 1. The fourth-order valence-corrected chi connectivity index (χ4v) is 9.03. The number of ether oxygens (including phenoxy) is 2. The molecule has 3 heterocycles. The van der Waals surface area contributed by atoms with Gasteiger partial charge in [-0.3, -0.25) is 24.0 Å². The number of rotatable bonds is 13. The number of carbonyl (C=O) groups is 7. The Bertz CT molecular complexity index is 2800. The van der Waals surface area contributed by atoms with E-state index in [1.807, 2.05) is 12.1 Å². The number of amides is 7. The maximum absolute atomic E-state index is 14.2. The smallest absolute Gasteiger partial charge is 0.408 e. The maximum Gasteiger partial charge on any atom is 0.408 e. The fraction of sp³-hybridized carbons (Fsp3) is 0.389. The zero-order valence-corrected chi connectivity index (χ0v) is 40.9.